The molecule has 4 heteroatoms. The van der Waals surface area contributed by atoms with Crippen LogP contribution in [0.15, 0.2) is 52.9 Å². The maximum atomic E-state index is 5.74. The number of rotatable bonds is 3. The Bertz CT molecular complexity index is 751. The van der Waals surface area contributed by atoms with Crippen LogP contribution in [0.25, 0.3) is 11.1 Å². The van der Waals surface area contributed by atoms with E-state index in [-0.39, 0.29) is 0 Å². The van der Waals surface area contributed by atoms with E-state index in [9.17, 15) is 0 Å². The molecule has 0 bridgehead atoms. The first-order valence-electron chi connectivity index (χ1n) is 6.77. The molecule has 4 nitrogen and oxygen atoms in total. The monoisotopic (exact) mass is 265 g/mol. The molecule has 1 saturated carbocycles. The summed E-state index contributed by atoms with van der Waals surface area (Å²) in [5.74, 6) is 0.552. The zero-order valence-corrected chi connectivity index (χ0v) is 10.9. The summed E-state index contributed by atoms with van der Waals surface area (Å²) in [5.41, 5.74) is 9.35. The molecule has 1 heterocycles. The summed E-state index contributed by atoms with van der Waals surface area (Å²) < 4.78 is 5.68. The van der Waals surface area contributed by atoms with Crippen molar-refractivity contribution in [2.75, 3.05) is 11.1 Å². The van der Waals surface area contributed by atoms with Gasteiger partial charge in [0.15, 0.2) is 5.58 Å². The number of anilines is 2. The van der Waals surface area contributed by atoms with E-state index in [1.165, 1.54) is 5.56 Å². The molecule has 1 fully saturated rings. The first kappa shape index (κ1) is 11.3. The summed E-state index contributed by atoms with van der Waals surface area (Å²) in [6.45, 7) is 0. The number of nitrogens with one attached hydrogen (secondary N) is 1. The predicted molar refractivity (Wildman–Crippen MR) is 79.6 cm³/mol. The number of oxazole rings is 1. The second kappa shape index (κ2) is 4.27. The molecule has 100 valence electrons. The van der Waals surface area contributed by atoms with Crippen LogP contribution in [0.3, 0.4) is 0 Å². The number of nitrogens with two attached hydrogens (primary N) is 1. The van der Waals surface area contributed by atoms with Crippen molar-refractivity contribution >= 4 is 22.8 Å². The van der Waals surface area contributed by atoms with Gasteiger partial charge in [0.25, 0.3) is 6.01 Å². The van der Waals surface area contributed by atoms with Gasteiger partial charge in [0, 0.05) is 23.7 Å². The van der Waals surface area contributed by atoms with Crippen molar-refractivity contribution in [1.82, 2.24) is 4.98 Å². The molecular weight excluding hydrogens is 250 g/mol. The molecule has 0 radical (unpaired) electrons. The van der Waals surface area contributed by atoms with Crippen molar-refractivity contribution in [1.29, 1.82) is 0 Å². The molecule has 2 unspecified atom stereocenters. The first-order chi connectivity index (χ1) is 9.79. The van der Waals surface area contributed by atoms with Crippen LogP contribution in [0, 0.1) is 0 Å². The van der Waals surface area contributed by atoms with Crippen LogP contribution in [0.4, 0.5) is 11.7 Å². The summed E-state index contributed by atoms with van der Waals surface area (Å²) >= 11 is 0. The standard InChI is InChI=1S/C16H15N3O/c17-11-6-7-13-15(8-11)20-16(18-13)19-14-9-12(14)10-4-2-1-3-5-10/h1-8,12,14H,9,17H2,(H,18,19). The molecule has 2 aromatic carbocycles. The van der Waals surface area contributed by atoms with Crippen LogP contribution < -0.4 is 11.1 Å². The topological polar surface area (TPSA) is 64.1 Å². The van der Waals surface area contributed by atoms with Crippen LogP contribution in [0.1, 0.15) is 17.9 Å². The maximum absolute atomic E-state index is 5.74. The smallest absolute Gasteiger partial charge is 0.295 e. The van der Waals surface area contributed by atoms with Gasteiger partial charge in [0.05, 0.1) is 0 Å². The third kappa shape index (κ3) is 1.99. The lowest BCUT2D eigenvalue weighted by Gasteiger charge is -2.00. The minimum absolute atomic E-state index is 0.405. The Labute approximate surface area is 116 Å². The number of benzene rings is 2. The number of nitrogens with zero attached hydrogens (tertiary/aromatic N) is 1. The molecule has 20 heavy (non-hydrogen) atoms. The van der Waals surface area contributed by atoms with Gasteiger partial charge in [-0.05, 0) is 24.1 Å². The number of nitrogen functional groups attached to an aromatic ring is 1. The van der Waals surface area contributed by atoms with Gasteiger partial charge in [-0.3, -0.25) is 0 Å². The van der Waals surface area contributed by atoms with E-state index in [4.69, 9.17) is 10.2 Å². The molecule has 3 N–H and O–H groups in total. The van der Waals surface area contributed by atoms with Crippen molar-refractivity contribution in [3.05, 3.63) is 54.1 Å². The van der Waals surface area contributed by atoms with E-state index in [1.807, 2.05) is 18.2 Å². The Morgan fingerprint density at radius 2 is 2.00 bits per heavy atom. The minimum Gasteiger partial charge on any atom is -0.423 e. The fourth-order valence-corrected chi connectivity index (χ4v) is 2.58. The molecule has 2 atom stereocenters. The molecule has 0 amide bonds. The maximum Gasteiger partial charge on any atom is 0.295 e. The van der Waals surface area contributed by atoms with Crippen LogP contribution in [0.2, 0.25) is 0 Å². The second-order valence-electron chi connectivity index (χ2n) is 5.25. The first-order valence-corrected chi connectivity index (χ1v) is 6.77. The third-order valence-electron chi connectivity index (χ3n) is 3.74. The van der Waals surface area contributed by atoms with Gasteiger partial charge in [0.2, 0.25) is 0 Å². The Balaban J connectivity index is 1.52. The van der Waals surface area contributed by atoms with Gasteiger partial charge in [-0.25, -0.2) is 0 Å². The van der Waals surface area contributed by atoms with Crippen molar-refractivity contribution in [2.45, 2.75) is 18.4 Å². The highest BCUT2D eigenvalue weighted by Crippen LogP contribution is 2.42. The molecule has 0 saturated heterocycles. The predicted octanol–water partition coefficient (Wildman–Crippen LogP) is 3.38. The summed E-state index contributed by atoms with van der Waals surface area (Å²) in [4.78, 5) is 4.43. The fraction of sp³-hybridized carbons (Fsp3) is 0.188. The third-order valence-corrected chi connectivity index (χ3v) is 3.74. The highest BCUT2D eigenvalue weighted by molar-refractivity contribution is 5.78. The van der Waals surface area contributed by atoms with Gasteiger partial charge in [-0.15, -0.1) is 0 Å². The van der Waals surface area contributed by atoms with Crippen molar-refractivity contribution < 1.29 is 4.42 Å². The van der Waals surface area contributed by atoms with Gasteiger partial charge in [-0.1, -0.05) is 30.3 Å². The Morgan fingerprint density at radius 3 is 2.85 bits per heavy atom. The van der Waals surface area contributed by atoms with E-state index in [1.54, 1.807) is 6.07 Å². The van der Waals surface area contributed by atoms with Gasteiger partial charge in [-0.2, -0.15) is 4.98 Å². The average molecular weight is 265 g/mol. The van der Waals surface area contributed by atoms with E-state index in [0.717, 1.165) is 17.5 Å². The number of aromatic nitrogens is 1. The average Bonchev–Trinajstić information content (AvgIpc) is 3.10. The molecular formula is C16H15N3O. The molecule has 3 aromatic rings. The highest BCUT2D eigenvalue weighted by Gasteiger charge is 2.39. The second-order valence-corrected chi connectivity index (χ2v) is 5.25. The van der Waals surface area contributed by atoms with Crippen molar-refractivity contribution in [3.63, 3.8) is 0 Å². The van der Waals surface area contributed by atoms with Crippen molar-refractivity contribution in [3.8, 4) is 0 Å². The highest BCUT2D eigenvalue weighted by atomic mass is 16.4. The van der Waals surface area contributed by atoms with E-state index in [2.05, 4.69) is 34.6 Å². The normalized spacial score (nSPS) is 21.0. The van der Waals surface area contributed by atoms with E-state index < -0.39 is 0 Å². The molecule has 4 rings (SSSR count). The van der Waals surface area contributed by atoms with Crippen LogP contribution >= 0.6 is 0 Å². The molecule has 0 aliphatic heterocycles. The fourth-order valence-electron chi connectivity index (χ4n) is 2.58. The molecule has 1 aromatic heterocycles. The number of hydrogen-bond acceptors (Lipinski definition) is 4. The Hall–Kier alpha value is -2.49. The lowest BCUT2D eigenvalue weighted by Crippen LogP contribution is -2.03. The summed E-state index contributed by atoms with van der Waals surface area (Å²) in [6.07, 6.45) is 1.12. The summed E-state index contributed by atoms with van der Waals surface area (Å²) in [5, 5.41) is 3.35. The molecule has 1 aliphatic rings. The Morgan fingerprint density at radius 1 is 1.15 bits per heavy atom. The van der Waals surface area contributed by atoms with Crippen LogP contribution in [0.5, 0.6) is 0 Å². The van der Waals surface area contributed by atoms with E-state index in [0.29, 0.717) is 23.7 Å². The van der Waals surface area contributed by atoms with Crippen molar-refractivity contribution in [2.24, 2.45) is 0 Å². The SMILES string of the molecule is Nc1ccc2nc(NC3CC3c3ccccc3)oc2c1. The zero-order valence-electron chi connectivity index (χ0n) is 10.9. The Kier molecular flexibility index (Phi) is 2.42. The summed E-state index contributed by atoms with van der Waals surface area (Å²) in [6, 6.07) is 17.0. The van der Waals surface area contributed by atoms with Crippen LogP contribution in [-0.4, -0.2) is 11.0 Å². The lowest BCUT2D eigenvalue weighted by atomic mass is 10.1. The van der Waals surface area contributed by atoms with Gasteiger partial charge < -0.3 is 15.5 Å². The molecule has 0 spiro atoms. The number of fused-ring (bicyclic) bond motifs is 1. The molecule has 1 aliphatic carbocycles. The quantitative estimate of drug-likeness (QED) is 0.712. The van der Waals surface area contributed by atoms with Gasteiger partial charge in [0.1, 0.15) is 5.52 Å². The van der Waals surface area contributed by atoms with Crippen LogP contribution in [-0.2, 0) is 0 Å². The lowest BCUT2D eigenvalue weighted by molar-refractivity contribution is 0.613. The summed E-state index contributed by atoms with van der Waals surface area (Å²) in [7, 11) is 0. The zero-order chi connectivity index (χ0) is 13.5. The largest absolute Gasteiger partial charge is 0.423 e. The minimum atomic E-state index is 0.405. The number of hydrogen-bond donors (Lipinski definition) is 2. The van der Waals surface area contributed by atoms with Gasteiger partial charge >= 0.3 is 0 Å². The van der Waals surface area contributed by atoms with E-state index >= 15 is 0 Å².